The molecule has 0 saturated carbocycles. The summed E-state index contributed by atoms with van der Waals surface area (Å²) in [5.41, 5.74) is 2.69. The first-order valence-electron chi connectivity index (χ1n) is 12.8. The van der Waals surface area contributed by atoms with E-state index in [-0.39, 0.29) is 18.0 Å². The molecule has 1 aliphatic rings. The number of ketones is 1. The first-order valence-corrected chi connectivity index (χ1v) is 12.8. The van der Waals surface area contributed by atoms with E-state index in [9.17, 15) is 18.0 Å². The minimum atomic E-state index is -4.41. The normalized spacial score (nSPS) is 18.3. The summed E-state index contributed by atoms with van der Waals surface area (Å²) < 4.78 is 45.1. The molecule has 4 aromatic rings. The second-order valence-electron chi connectivity index (χ2n) is 9.97. The molecule has 6 nitrogen and oxygen atoms in total. The molecule has 5 rings (SSSR count). The molecule has 202 valence electrons. The summed E-state index contributed by atoms with van der Waals surface area (Å²) in [6.45, 7) is 7.56. The van der Waals surface area contributed by atoms with E-state index in [4.69, 9.17) is 14.7 Å². The highest BCUT2D eigenvalue weighted by Gasteiger charge is 2.30. The molecule has 0 amide bonds. The van der Waals surface area contributed by atoms with Crippen LogP contribution in [-0.4, -0.2) is 45.9 Å². The van der Waals surface area contributed by atoms with Gasteiger partial charge in [-0.15, -0.1) is 0 Å². The number of benzene rings is 3. The van der Waals surface area contributed by atoms with Gasteiger partial charge in [0.1, 0.15) is 11.6 Å². The number of nitrogens with zero attached hydrogens (tertiary/aromatic N) is 3. The second-order valence-corrected chi connectivity index (χ2v) is 9.97. The van der Waals surface area contributed by atoms with Crippen molar-refractivity contribution in [3.05, 3.63) is 83.7 Å². The molecule has 39 heavy (non-hydrogen) atoms. The van der Waals surface area contributed by atoms with Crippen LogP contribution in [0.25, 0.3) is 22.0 Å². The molecule has 2 unspecified atom stereocenters. The third kappa shape index (κ3) is 6.10. The van der Waals surface area contributed by atoms with Crippen LogP contribution >= 0.6 is 0 Å². The van der Waals surface area contributed by atoms with Crippen molar-refractivity contribution in [3.8, 4) is 11.1 Å². The predicted octanol–water partition coefficient (Wildman–Crippen LogP) is 6.87. The molecule has 1 aromatic heterocycles. The highest BCUT2D eigenvalue weighted by Crippen LogP contribution is 2.33. The minimum absolute atomic E-state index is 0.0331. The topological polar surface area (TPSA) is 67.4 Å². The van der Waals surface area contributed by atoms with Gasteiger partial charge in [0.15, 0.2) is 5.78 Å². The maximum Gasteiger partial charge on any atom is 0.416 e. The second kappa shape index (κ2) is 10.7. The fourth-order valence-corrected chi connectivity index (χ4v) is 5.05. The van der Waals surface area contributed by atoms with Crippen molar-refractivity contribution < 1.29 is 22.7 Å². The molecular formula is C30H29F3N4O2. The van der Waals surface area contributed by atoms with Crippen LogP contribution in [0.1, 0.15) is 42.5 Å². The van der Waals surface area contributed by atoms with Crippen molar-refractivity contribution in [2.24, 2.45) is 0 Å². The van der Waals surface area contributed by atoms with E-state index >= 15 is 0 Å². The zero-order valence-electron chi connectivity index (χ0n) is 21.9. The van der Waals surface area contributed by atoms with Gasteiger partial charge in [-0.25, -0.2) is 9.97 Å². The van der Waals surface area contributed by atoms with Crippen molar-refractivity contribution >= 4 is 28.2 Å². The lowest BCUT2D eigenvalue weighted by Gasteiger charge is -2.34. The number of hydrogen-bond acceptors (Lipinski definition) is 6. The SMILES string of the molecule is CC(=O)c1ccccc1-c1ccc2c(Nc3ccc(C(F)(F)F)cc3)nc(CN3CC(C)OC(C)C3)nc2c1. The van der Waals surface area contributed by atoms with Crippen molar-refractivity contribution in [2.75, 3.05) is 18.4 Å². The lowest BCUT2D eigenvalue weighted by atomic mass is 9.96. The number of nitrogens with one attached hydrogen (secondary N) is 1. The summed E-state index contributed by atoms with van der Waals surface area (Å²) in [6.07, 6.45) is -4.26. The van der Waals surface area contributed by atoms with E-state index in [1.807, 2.05) is 50.2 Å². The van der Waals surface area contributed by atoms with Gasteiger partial charge in [0.2, 0.25) is 0 Å². The average Bonchev–Trinajstić information content (AvgIpc) is 2.87. The van der Waals surface area contributed by atoms with Crippen LogP contribution in [0.3, 0.4) is 0 Å². The van der Waals surface area contributed by atoms with Gasteiger partial charge >= 0.3 is 6.18 Å². The Morgan fingerprint density at radius 1 is 1.00 bits per heavy atom. The molecule has 1 aliphatic heterocycles. The first-order chi connectivity index (χ1) is 18.6. The number of aromatic nitrogens is 2. The summed E-state index contributed by atoms with van der Waals surface area (Å²) in [5.74, 6) is 1.04. The molecule has 0 spiro atoms. The Bertz CT molecular complexity index is 1490. The predicted molar refractivity (Wildman–Crippen MR) is 145 cm³/mol. The molecule has 1 fully saturated rings. The molecule has 2 atom stereocenters. The third-order valence-corrected chi connectivity index (χ3v) is 6.70. The van der Waals surface area contributed by atoms with Crippen LogP contribution in [0.2, 0.25) is 0 Å². The number of carbonyl (C=O) groups is 1. The fourth-order valence-electron chi connectivity index (χ4n) is 5.05. The van der Waals surface area contributed by atoms with Crippen LogP contribution in [0.4, 0.5) is 24.7 Å². The number of hydrogen-bond donors (Lipinski definition) is 1. The minimum Gasteiger partial charge on any atom is -0.373 e. The number of halogens is 3. The zero-order chi connectivity index (χ0) is 27.7. The van der Waals surface area contributed by atoms with Crippen LogP contribution in [0.15, 0.2) is 66.7 Å². The fraction of sp³-hybridized carbons (Fsp3) is 0.300. The Hall–Kier alpha value is -3.82. The van der Waals surface area contributed by atoms with Crippen molar-refractivity contribution in [3.63, 3.8) is 0 Å². The van der Waals surface area contributed by atoms with Crippen molar-refractivity contribution in [1.29, 1.82) is 0 Å². The Kier molecular flexibility index (Phi) is 7.38. The number of anilines is 2. The summed E-state index contributed by atoms with van der Waals surface area (Å²) in [4.78, 5) is 24.1. The number of rotatable bonds is 6. The Labute approximate surface area is 224 Å². The molecule has 0 aliphatic carbocycles. The standard InChI is InChI=1S/C30H29F3N4O2/c1-18-15-37(16-19(2)39-18)17-28-35-27-14-21(25-7-5-4-6-24(25)20(3)38)8-13-26(27)29(36-28)34-23-11-9-22(10-12-23)30(31,32)33/h4-14,18-19H,15-17H2,1-3H3,(H,34,35,36). The third-order valence-electron chi connectivity index (χ3n) is 6.70. The van der Waals surface area contributed by atoms with Gasteiger partial charge in [-0.05, 0) is 68.3 Å². The molecule has 1 saturated heterocycles. The monoisotopic (exact) mass is 534 g/mol. The van der Waals surface area contributed by atoms with Gasteiger partial charge in [-0.3, -0.25) is 9.69 Å². The maximum absolute atomic E-state index is 13.1. The Balaban J connectivity index is 1.56. The summed E-state index contributed by atoms with van der Waals surface area (Å²) in [6, 6.07) is 18.0. The lowest BCUT2D eigenvalue weighted by molar-refractivity contribution is -0.137. The van der Waals surface area contributed by atoms with Gasteiger partial charge in [0, 0.05) is 29.7 Å². The maximum atomic E-state index is 13.1. The molecule has 3 aromatic carbocycles. The zero-order valence-corrected chi connectivity index (χ0v) is 21.9. The summed E-state index contributed by atoms with van der Waals surface area (Å²) in [5, 5.41) is 3.91. The van der Waals surface area contributed by atoms with Crippen LogP contribution in [0, 0.1) is 0 Å². The molecule has 1 N–H and O–H groups in total. The first kappa shape index (κ1) is 26.8. The summed E-state index contributed by atoms with van der Waals surface area (Å²) >= 11 is 0. The Morgan fingerprint density at radius 3 is 2.36 bits per heavy atom. The molecule has 0 radical (unpaired) electrons. The van der Waals surface area contributed by atoms with Crippen molar-refractivity contribution in [2.45, 2.75) is 45.7 Å². The van der Waals surface area contributed by atoms with Gasteiger partial charge in [-0.1, -0.05) is 30.3 Å². The van der Waals surface area contributed by atoms with E-state index in [1.54, 1.807) is 6.07 Å². The quantitative estimate of drug-likeness (QED) is 0.272. The van der Waals surface area contributed by atoms with Gasteiger partial charge in [0.05, 0.1) is 29.8 Å². The van der Waals surface area contributed by atoms with Crippen molar-refractivity contribution in [1.82, 2.24) is 14.9 Å². The number of Topliss-reactive ketones (excluding diaryl/α,β-unsaturated/α-hetero) is 1. The number of alkyl halides is 3. The van der Waals surface area contributed by atoms with Gasteiger partial charge in [-0.2, -0.15) is 13.2 Å². The molecule has 9 heteroatoms. The summed E-state index contributed by atoms with van der Waals surface area (Å²) in [7, 11) is 0. The Morgan fingerprint density at radius 2 is 1.69 bits per heavy atom. The largest absolute Gasteiger partial charge is 0.416 e. The highest BCUT2D eigenvalue weighted by atomic mass is 19.4. The average molecular weight is 535 g/mol. The lowest BCUT2D eigenvalue weighted by Crippen LogP contribution is -2.45. The molecule has 2 heterocycles. The van der Waals surface area contributed by atoms with E-state index < -0.39 is 11.7 Å². The van der Waals surface area contributed by atoms with Gasteiger partial charge in [0.25, 0.3) is 0 Å². The van der Waals surface area contributed by atoms with E-state index in [0.29, 0.717) is 40.3 Å². The number of ether oxygens (including phenoxy) is 1. The van der Waals surface area contributed by atoms with Crippen LogP contribution in [-0.2, 0) is 17.5 Å². The molecule has 0 bridgehead atoms. The van der Waals surface area contributed by atoms with E-state index in [2.05, 4.69) is 10.2 Å². The smallest absolute Gasteiger partial charge is 0.373 e. The highest BCUT2D eigenvalue weighted by molar-refractivity contribution is 6.02. The number of carbonyl (C=O) groups excluding carboxylic acids is 1. The number of morpholine rings is 1. The number of fused-ring (bicyclic) bond motifs is 1. The van der Waals surface area contributed by atoms with E-state index in [0.717, 1.165) is 36.3 Å². The van der Waals surface area contributed by atoms with Crippen LogP contribution in [0.5, 0.6) is 0 Å². The van der Waals surface area contributed by atoms with E-state index in [1.165, 1.54) is 19.1 Å². The molecular weight excluding hydrogens is 505 g/mol. The van der Waals surface area contributed by atoms with Crippen LogP contribution < -0.4 is 5.32 Å². The van der Waals surface area contributed by atoms with Gasteiger partial charge < -0.3 is 10.1 Å².